The van der Waals surface area contributed by atoms with Crippen molar-refractivity contribution in [1.29, 1.82) is 0 Å². The summed E-state index contributed by atoms with van der Waals surface area (Å²) >= 11 is 15.3. The first-order valence-electron chi connectivity index (χ1n) is 6.62. The number of carbonyl (C=O) groups is 1. The van der Waals surface area contributed by atoms with Gasteiger partial charge in [0.1, 0.15) is 0 Å². The minimum atomic E-state index is -0.0746. The summed E-state index contributed by atoms with van der Waals surface area (Å²) in [6.45, 7) is 0.891. The topological polar surface area (TPSA) is 32.3 Å². The maximum atomic E-state index is 12.1. The average molecular weight is 402 g/mol. The van der Waals surface area contributed by atoms with Gasteiger partial charge < -0.3 is 5.32 Å². The van der Waals surface area contributed by atoms with Gasteiger partial charge in [0.15, 0.2) is 0 Å². The molecule has 0 heterocycles. The Morgan fingerprint density at radius 1 is 1.18 bits per heavy atom. The third-order valence-corrected chi connectivity index (χ3v) is 4.43. The van der Waals surface area contributed by atoms with Gasteiger partial charge in [0, 0.05) is 11.0 Å². The molecule has 0 bridgehead atoms. The Morgan fingerprint density at radius 2 is 1.91 bits per heavy atom. The zero-order chi connectivity index (χ0) is 16.1. The molecule has 116 valence electrons. The van der Waals surface area contributed by atoms with E-state index in [1.54, 1.807) is 6.07 Å². The summed E-state index contributed by atoms with van der Waals surface area (Å²) in [5, 5.41) is 3.92. The van der Waals surface area contributed by atoms with Crippen LogP contribution in [-0.4, -0.2) is 24.4 Å². The van der Waals surface area contributed by atoms with Crippen molar-refractivity contribution in [3.63, 3.8) is 0 Å². The van der Waals surface area contributed by atoms with E-state index < -0.39 is 0 Å². The zero-order valence-electron chi connectivity index (χ0n) is 11.9. The van der Waals surface area contributed by atoms with Crippen molar-refractivity contribution in [1.82, 2.24) is 4.90 Å². The van der Waals surface area contributed by atoms with Crippen LogP contribution in [0, 0.1) is 0 Å². The van der Waals surface area contributed by atoms with E-state index >= 15 is 0 Å². The second-order valence-corrected chi connectivity index (χ2v) is 6.62. The number of amides is 1. The van der Waals surface area contributed by atoms with Gasteiger partial charge in [-0.25, -0.2) is 0 Å². The van der Waals surface area contributed by atoms with Crippen molar-refractivity contribution in [3.8, 4) is 0 Å². The lowest BCUT2D eigenvalue weighted by molar-refractivity contribution is -0.117. The van der Waals surface area contributed by atoms with Crippen molar-refractivity contribution in [2.45, 2.75) is 6.54 Å². The molecule has 0 radical (unpaired) electrons. The first kappa shape index (κ1) is 17.3. The number of carbonyl (C=O) groups excluding carboxylic acids is 1. The van der Waals surface area contributed by atoms with Crippen LogP contribution in [0.5, 0.6) is 0 Å². The van der Waals surface area contributed by atoms with Crippen molar-refractivity contribution >= 4 is 50.7 Å². The second-order valence-electron chi connectivity index (χ2n) is 4.95. The molecule has 0 aromatic heterocycles. The minimum Gasteiger partial charge on any atom is -0.324 e. The monoisotopic (exact) mass is 400 g/mol. The molecule has 0 aliphatic heterocycles. The highest BCUT2D eigenvalue weighted by molar-refractivity contribution is 9.10. The standard InChI is InChI=1S/C16H15BrCl2N2O/c1-21(9-11-6-7-13(18)14(19)8-11)10-16(22)20-15-5-3-2-4-12(15)17/h2-8H,9-10H2,1H3,(H,20,22). The van der Waals surface area contributed by atoms with Gasteiger partial charge in [0.2, 0.25) is 5.91 Å². The van der Waals surface area contributed by atoms with E-state index in [4.69, 9.17) is 23.2 Å². The van der Waals surface area contributed by atoms with E-state index in [0.29, 0.717) is 16.6 Å². The molecule has 0 spiro atoms. The van der Waals surface area contributed by atoms with Crippen molar-refractivity contribution in [2.75, 3.05) is 18.9 Å². The lowest BCUT2D eigenvalue weighted by Gasteiger charge is -2.17. The predicted molar refractivity (Wildman–Crippen MR) is 95.6 cm³/mol. The summed E-state index contributed by atoms with van der Waals surface area (Å²) in [4.78, 5) is 14.0. The number of para-hydroxylation sites is 1. The Morgan fingerprint density at radius 3 is 2.59 bits per heavy atom. The summed E-state index contributed by atoms with van der Waals surface area (Å²) in [6, 6.07) is 13.0. The van der Waals surface area contributed by atoms with E-state index in [2.05, 4.69) is 21.2 Å². The van der Waals surface area contributed by atoms with Crippen LogP contribution in [0.3, 0.4) is 0 Å². The Balaban J connectivity index is 1.91. The molecule has 6 heteroatoms. The van der Waals surface area contributed by atoms with E-state index in [1.165, 1.54) is 0 Å². The smallest absolute Gasteiger partial charge is 0.238 e. The molecule has 0 aliphatic rings. The van der Waals surface area contributed by atoms with Crippen LogP contribution in [0.4, 0.5) is 5.69 Å². The molecule has 3 nitrogen and oxygen atoms in total. The van der Waals surface area contributed by atoms with Gasteiger partial charge in [-0.1, -0.05) is 41.4 Å². The number of nitrogens with one attached hydrogen (secondary N) is 1. The number of nitrogens with zero attached hydrogens (tertiary/aromatic N) is 1. The van der Waals surface area contributed by atoms with Crippen molar-refractivity contribution in [3.05, 3.63) is 62.5 Å². The molecule has 22 heavy (non-hydrogen) atoms. The molecule has 2 aromatic carbocycles. The lowest BCUT2D eigenvalue weighted by Crippen LogP contribution is -2.29. The quantitative estimate of drug-likeness (QED) is 0.778. The van der Waals surface area contributed by atoms with E-state index in [-0.39, 0.29) is 12.5 Å². The van der Waals surface area contributed by atoms with Gasteiger partial charge in [-0.2, -0.15) is 0 Å². The lowest BCUT2D eigenvalue weighted by atomic mass is 10.2. The molecular weight excluding hydrogens is 387 g/mol. The first-order valence-corrected chi connectivity index (χ1v) is 8.17. The fourth-order valence-electron chi connectivity index (χ4n) is 2.00. The Kier molecular flexibility index (Phi) is 6.26. The Bertz CT molecular complexity index is 679. The van der Waals surface area contributed by atoms with E-state index in [9.17, 15) is 4.79 Å². The molecular formula is C16H15BrCl2N2O. The normalized spacial score (nSPS) is 10.8. The predicted octanol–water partition coefficient (Wildman–Crippen LogP) is 4.83. The summed E-state index contributed by atoms with van der Waals surface area (Å²) in [5.41, 5.74) is 1.76. The van der Waals surface area contributed by atoms with Crippen LogP contribution in [-0.2, 0) is 11.3 Å². The molecule has 0 saturated carbocycles. The molecule has 2 aromatic rings. The van der Waals surface area contributed by atoms with Gasteiger partial charge in [-0.15, -0.1) is 0 Å². The van der Waals surface area contributed by atoms with Crippen LogP contribution in [0.2, 0.25) is 10.0 Å². The number of likely N-dealkylation sites (N-methyl/N-ethyl adjacent to an activating group) is 1. The molecule has 0 aliphatic carbocycles. The van der Waals surface area contributed by atoms with E-state index in [1.807, 2.05) is 48.3 Å². The number of benzene rings is 2. The number of rotatable bonds is 5. The van der Waals surface area contributed by atoms with Crippen LogP contribution < -0.4 is 5.32 Å². The third-order valence-electron chi connectivity index (χ3n) is 3.00. The number of halogens is 3. The maximum absolute atomic E-state index is 12.1. The number of hydrogen-bond donors (Lipinski definition) is 1. The van der Waals surface area contributed by atoms with Crippen LogP contribution in [0.1, 0.15) is 5.56 Å². The number of anilines is 1. The fourth-order valence-corrected chi connectivity index (χ4v) is 2.71. The molecule has 0 unspecified atom stereocenters. The highest BCUT2D eigenvalue weighted by Gasteiger charge is 2.09. The Labute approximate surface area is 148 Å². The SMILES string of the molecule is CN(CC(=O)Nc1ccccc1Br)Cc1ccc(Cl)c(Cl)c1. The molecule has 0 saturated heterocycles. The van der Waals surface area contributed by atoms with Gasteiger partial charge in [-0.05, 0) is 52.8 Å². The second kappa shape index (κ2) is 7.97. The maximum Gasteiger partial charge on any atom is 0.238 e. The highest BCUT2D eigenvalue weighted by atomic mass is 79.9. The molecule has 1 amide bonds. The van der Waals surface area contributed by atoms with Crippen LogP contribution in [0.15, 0.2) is 46.9 Å². The minimum absolute atomic E-state index is 0.0746. The summed E-state index contributed by atoms with van der Waals surface area (Å²) < 4.78 is 0.857. The van der Waals surface area contributed by atoms with Crippen LogP contribution >= 0.6 is 39.1 Å². The van der Waals surface area contributed by atoms with Gasteiger partial charge in [0.05, 0.1) is 22.3 Å². The van der Waals surface area contributed by atoms with E-state index in [0.717, 1.165) is 15.7 Å². The van der Waals surface area contributed by atoms with Crippen molar-refractivity contribution < 1.29 is 4.79 Å². The molecule has 0 fully saturated rings. The summed E-state index contributed by atoms with van der Waals surface area (Å²) in [6.07, 6.45) is 0. The Hall–Kier alpha value is -1.07. The fraction of sp³-hybridized carbons (Fsp3) is 0.188. The number of hydrogen-bond acceptors (Lipinski definition) is 2. The highest BCUT2D eigenvalue weighted by Crippen LogP contribution is 2.23. The molecule has 0 atom stereocenters. The van der Waals surface area contributed by atoms with Crippen molar-refractivity contribution in [2.24, 2.45) is 0 Å². The summed E-state index contributed by atoms with van der Waals surface area (Å²) in [7, 11) is 1.88. The van der Waals surface area contributed by atoms with Gasteiger partial charge in [-0.3, -0.25) is 9.69 Å². The zero-order valence-corrected chi connectivity index (χ0v) is 15.0. The molecule has 2 rings (SSSR count). The summed E-state index contributed by atoms with van der Waals surface area (Å²) in [5.74, 6) is -0.0746. The van der Waals surface area contributed by atoms with Gasteiger partial charge in [0.25, 0.3) is 0 Å². The largest absolute Gasteiger partial charge is 0.324 e. The molecule has 1 N–H and O–H groups in total. The third kappa shape index (κ3) is 4.99. The average Bonchev–Trinajstić information content (AvgIpc) is 2.45. The first-order chi connectivity index (χ1) is 10.5. The van der Waals surface area contributed by atoms with Crippen LogP contribution in [0.25, 0.3) is 0 Å². The van der Waals surface area contributed by atoms with Gasteiger partial charge >= 0.3 is 0 Å².